The van der Waals surface area contributed by atoms with E-state index in [2.05, 4.69) is 50.1 Å². The molecule has 0 aliphatic carbocycles. The standard InChI is InChI=1S/C15H13Br2NO2/c1-10-2-7-13(14(16)8-10)15(17)9-11-3-5-12(6-4-11)18(19)20/h2-8,15H,9H2,1H3. The predicted molar refractivity (Wildman–Crippen MR) is 87.3 cm³/mol. The minimum absolute atomic E-state index is 0.122. The number of halogens is 2. The summed E-state index contributed by atoms with van der Waals surface area (Å²) in [4.78, 5) is 10.4. The third-order valence-electron chi connectivity index (χ3n) is 3.06. The molecule has 2 aromatic rings. The molecule has 0 fully saturated rings. The summed E-state index contributed by atoms with van der Waals surface area (Å²) in [6.07, 6.45) is 0.777. The Kier molecular flexibility index (Phi) is 4.94. The molecule has 1 unspecified atom stereocenters. The number of rotatable bonds is 4. The normalized spacial score (nSPS) is 12.2. The topological polar surface area (TPSA) is 43.1 Å². The molecule has 0 saturated carbocycles. The third-order valence-corrected chi connectivity index (χ3v) is 4.56. The fourth-order valence-corrected chi connectivity index (χ4v) is 3.81. The molecule has 0 aliphatic heterocycles. The van der Waals surface area contributed by atoms with E-state index in [1.807, 2.05) is 6.92 Å². The lowest BCUT2D eigenvalue weighted by molar-refractivity contribution is -0.384. The number of nitro benzene ring substituents is 1. The zero-order valence-corrected chi connectivity index (χ0v) is 14.0. The van der Waals surface area contributed by atoms with Crippen LogP contribution in [0, 0.1) is 17.0 Å². The van der Waals surface area contributed by atoms with Crippen molar-refractivity contribution in [3.63, 3.8) is 0 Å². The van der Waals surface area contributed by atoms with E-state index in [0.717, 1.165) is 16.5 Å². The van der Waals surface area contributed by atoms with Gasteiger partial charge >= 0.3 is 0 Å². The third kappa shape index (κ3) is 3.67. The molecule has 2 rings (SSSR count). The van der Waals surface area contributed by atoms with Gasteiger partial charge in [0.1, 0.15) is 0 Å². The van der Waals surface area contributed by atoms with Gasteiger partial charge in [-0.1, -0.05) is 56.1 Å². The molecule has 2 aromatic carbocycles. The van der Waals surface area contributed by atoms with Crippen molar-refractivity contribution in [2.45, 2.75) is 18.2 Å². The van der Waals surface area contributed by atoms with Crippen molar-refractivity contribution in [2.75, 3.05) is 0 Å². The summed E-state index contributed by atoms with van der Waals surface area (Å²) >= 11 is 7.25. The second-order valence-corrected chi connectivity index (χ2v) is 6.58. The van der Waals surface area contributed by atoms with Crippen molar-refractivity contribution < 1.29 is 4.92 Å². The highest BCUT2D eigenvalue weighted by Gasteiger charge is 2.13. The smallest absolute Gasteiger partial charge is 0.258 e. The quantitative estimate of drug-likeness (QED) is 0.396. The van der Waals surface area contributed by atoms with Crippen molar-refractivity contribution >= 4 is 37.5 Å². The van der Waals surface area contributed by atoms with Gasteiger partial charge in [-0.2, -0.15) is 0 Å². The highest BCUT2D eigenvalue weighted by Crippen LogP contribution is 2.33. The minimum Gasteiger partial charge on any atom is -0.258 e. The molecule has 3 nitrogen and oxygen atoms in total. The van der Waals surface area contributed by atoms with E-state index < -0.39 is 0 Å². The lowest BCUT2D eigenvalue weighted by Crippen LogP contribution is -1.97. The van der Waals surface area contributed by atoms with E-state index in [-0.39, 0.29) is 15.4 Å². The van der Waals surface area contributed by atoms with Crippen LogP contribution in [0.25, 0.3) is 0 Å². The fraction of sp³-hybridized carbons (Fsp3) is 0.200. The number of benzene rings is 2. The summed E-state index contributed by atoms with van der Waals surface area (Å²) in [5, 5.41) is 10.6. The van der Waals surface area contributed by atoms with Crippen LogP contribution in [0.4, 0.5) is 5.69 Å². The molecule has 0 bridgehead atoms. The second-order valence-electron chi connectivity index (χ2n) is 4.62. The lowest BCUT2D eigenvalue weighted by Gasteiger charge is -2.13. The molecule has 0 aliphatic rings. The summed E-state index contributed by atoms with van der Waals surface area (Å²) in [5.41, 5.74) is 3.56. The number of alkyl halides is 1. The first-order chi connectivity index (χ1) is 9.47. The second kappa shape index (κ2) is 6.50. The van der Waals surface area contributed by atoms with Gasteiger partial charge in [-0.3, -0.25) is 10.1 Å². The summed E-state index contributed by atoms with van der Waals surface area (Å²) in [5.74, 6) is 0. The van der Waals surface area contributed by atoms with Crippen molar-refractivity contribution in [3.05, 3.63) is 73.7 Å². The average Bonchev–Trinajstić information content (AvgIpc) is 2.39. The molecule has 1 atom stereocenters. The van der Waals surface area contributed by atoms with Crippen LogP contribution in [0.1, 0.15) is 21.5 Å². The van der Waals surface area contributed by atoms with Gasteiger partial charge in [-0.05, 0) is 36.1 Å². The van der Waals surface area contributed by atoms with Gasteiger partial charge in [0.15, 0.2) is 0 Å². The maximum absolute atomic E-state index is 10.6. The lowest BCUT2D eigenvalue weighted by atomic mass is 10.0. The predicted octanol–water partition coefficient (Wildman–Crippen LogP) is 5.34. The van der Waals surface area contributed by atoms with Gasteiger partial charge in [0.25, 0.3) is 5.69 Å². The van der Waals surface area contributed by atoms with Crippen LogP contribution in [0.15, 0.2) is 46.9 Å². The maximum atomic E-state index is 10.6. The van der Waals surface area contributed by atoms with E-state index >= 15 is 0 Å². The Morgan fingerprint density at radius 1 is 1.20 bits per heavy atom. The van der Waals surface area contributed by atoms with Gasteiger partial charge < -0.3 is 0 Å². The Hall–Kier alpha value is -1.20. The van der Waals surface area contributed by atoms with E-state index in [0.29, 0.717) is 0 Å². The van der Waals surface area contributed by atoms with Gasteiger partial charge in [-0.15, -0.1) is 0 Å². The van der Waals surface area contributed by atoms with Gasteiger partial charge in [0.05, 0.1) is 4.92 Å². The largest absolute Gasteiger partial charge is 0.269 e. The van der Waals surface area contributed by atoms with E-state index in [9.17, 15) is 10.1 Å². The average molecular weight is 399 g/mol. The van der Waals surface area contributed by atoms with Crippen LogP contribution in [0.2, 0.25) is 0 Å². The Bertz CT molecular complexity index is 626. The molecule has 104 valence electrons. The number of hydrogen-bond donors (Lipinski definition) is 0. The van der Waals surface area contributed by atoms with Gasteiger partial charge in [0, 0.05) is 21.4 Å². The van der Waals surface area contributed by atoms with Crippen molar-refractivity contribution in [1.82, 2.24) is 0 Å². The Morgan fingerprint density at radius 2 is 1.85 bits per heavy atom. The Morgan fingerprint density at radius 3 is 2.40 bits per heavy atom. The fourth-order valence-electron chi connectivity index (χ4n) is 1.96. The number of hydrogen-bond acceptors (Lipinski definition) is 2. The Labute approximate surface area is 134 Å². The summed E-state index contributed by atoms with van der Waals surface area (Å²) in [6.45, 7) is 2.05. The van der Waals surface area contributed by atoms with Crippen LogP contribution in [-0.4, -0.2) is 4.92 Å². The molecule has 0 aromatic heterocycles. The summed E-state index contributed by atoms with van der Waals surface area (Å²) in [7, 11) is 0. The Balaban J connectivity index is 2.14. The van der Waals surface area contributed by atoms with Gasteiger partial charge in [0.2, 0.25) is 0 Å². The van der Waals surface area contributed by atoms with E-state index in [1.165, 1.54) is 11.1 Å². The van der Waals surface area contributed by atoms with Crippen molar-refractivity contribution in [1.29, 1.82) is 0 Å². The first kappa shape index (κ1) is 15.2. The zero-order valence-electron chi connectivity index (χ0n) is 10.8. The van der Waals surface area contributed by atoms with Crippen LogP contribution < -0.4 is 0 Å². The molecule has 0 amide bonds. The molecule has 0 heterocycles. The van der Waals surface area contributed by atoms with Crippen LogP contribution in [0.5, 0.6) is 0 Å². The molecular formula is C15H13Br2NO2. The molecule has 0 saturated heterocycles. The SMILES string of the molecule is Cc1ccc(C(Br)Cc2ccc([N+](=O)[O-])cc2)c(Br)c1. The molecule has 0 spiro atoms. The molecule has 20 heavy (non-hydrogen) atoms. The molecule has 0 radical (unpaired) electrons. The highest BCUT2D eigenvalue weighted by molar-refractivity contribution is 9.11. The van der Waals surface area contributed by atoms with Crippen molar-refractivity contribution in [3.8, 4) is 0 Å². The number of nitro groups is 1. The first-order valence-electron chi connectivity index (χ1n) is 6.11. The first-order valence-corrected chi connectivity index (χ1v) is 7.81. The van der Waals surface area contributed by atoms with Crippen LogP contribution in [0.3, 0.4) is 0 Å². The molecular weight excluding hydrogens is 386 g/mol. The number of nitrogens with zero attached hydrogens (tertiary/aromatic N) is 1. The van der Waals surface area contributed by atoms with E-state index in [4.69, 9.17) is 0 Å². The van der Waals surface area contributed by atoms with Crippen molar-refractivity contribution in [2.24, 2.45) is 0 Å². The highest BCUT2D eigenvalue weighted by atomic mass is 79.9. The summed E-state index contributed by atoms with van der Waals surface area (Å²) in [6, 6.07) is 12.9. The van der Waals surface area contributed by atoms with Crippen LogP contribution >= 0.6 is 31.9 Å². The zero-order chi connectivity index (χ0) is 14.7. The number of non-ortho nitro benzene ring substituents is 1. The van der Waals surface area contributed by atoms with E-state index in [1.54, 1.807) is 24.3 Å². The van der Waals surface area contributed by atoms with Gasteiger partial charge in [-0.25, -0.2) is 0 Å². The minimum atomic E-state index is -0.383. The number of aryl methyl sites for hydroxylation is 1. The maximum Gasteiger partial charge on any atom is 0.269 e. The molecule has 5 heteroatoms. The summed E-state index contributed by atoms with van der Waals surface area (Å²) < 4.78 is 1.07. The van der Waals surface area contributed by atoms with Crippen LogP contribution in [-0.2, 0) is 6.42 Å². The molecule has 0 N–H and O–H groups in total. The monoisotopic (exact) mass is 397 g/mol.